The molecule has 0 saturated heterocycles. The minimum atomic E-state index is 0.250. The maximum absolute atomic E-state index is 8.72. The summed E-state index contributed by atoms with van der Waals surface area (Å²) in [6.07, 6.45) is 3.42. The van der Waals surface area contributed by atoms with Gasteiger partial charge in [-0.3, -0.25) is 0 Å². The molecule has 0 spiro atoms. The van der Waals surface area contributed by atoms with Gasteiger partial charge in [-0.25, -0.2) is 0 Å². The lowest BCUT2D eigenvalue weighted by molar-refractivity contribution is 0.288. The van der Waals surface area contributed by atoms with Crippen molar-refractivity contribution in [3.05, 3.63) is 48.2 Å². The summed E-state index contributed by atoms with van der Waals surface area (Å²) in [5.74, 6) is 0.892. The van der Waals surface area contributed by atoms with Gasteiger partial charge in [-0.2, -0.15) is 0 Å². The van der Waals surface area contributed by atoms with Crippen molar-refractivity contribution in [2.75, 3.05) is 6.61 Å². The fourth-order valence-electron chi connectivity index (χ4n) is 1.56. The highest BCUT2D eigenvalue weighted by Crippen LogP contribution is 2.20. The van der Waals surface area contributed by atoms with Crippen LogP contribution in [0.15, 0.2) is 47.1 Å². The Balaban J connectivity index is 2.11. The van der Waals surface area contributed by atoms with Gasteiger partial charge in [-0.05, 0) is 30.5 Å². The number of hydrogen-bond acceptors (Lipinski definition) is 2. The molecule has 1 N–H and O–H groups in total. The number of aryl methyl sites for hydroxylation is 1. The molecule has 2 aromatic rings. The lowest BCUT2D eigenvalue weighted by Crippen LogP contribution is -1.88. The first-order valence-electron chi connectivity index (χ1n) is 5.14. The van der Waals surface area contributed by atoms with Crippen molar-refractivity contribution in [1.82, 2.24) is 0 Å². The molecule has 2 rings (SSSR count). The van der Waals surface area contributed by atoms with Crippen LogP contribution in [0.25, 0.3) is 11.3 Å². The number of hydrogen-bond donors (Lipinski definition) is 1. The van der Waals surface area contributed by atoms with Gasteiger partial charge in [0, 0.05) is 12.2 Å². The van der Waals surface area contributed by atoms with Crippen LogP contribution in [0.2, 0.25) is 0 Å². The molecule has 78 valence electrons. The first-order chi connectivity index (χ1) is 7.40. The topological polar surface area (TPSA) is 33.4 Å². The summed E-state index contributed by atoms with van der Waals surface area (Å²) in [5, 5.41) is 8.72. The predicted octanol–water partition coefficient (Wildman–Crippen LogP) is 2.87. The molecule has 0 saturated carbocycles. The van der Waals surface area contributed by atoms with Crippen molar-refractivity contribution in [1.29, 1.82) is 0 Å². The number of furan rings is 1. The van der Waals surface area contributed by atoms with E-state index < -0.39 is 0 Å². The smallest absolute Gasteiger partial charge is 0.133 e. The van der Waals surface area contributed by atoms with Gasteiger partial charge in [0.25, 0.3) is 0 Å². The standard InChI is InChI=1S/C13H14O2/c14-9-1-3-11-5-7-12(8-6-11)13-4-2-10-15-13/h2,4-8,10,14H,1,3,9H2. The summed E-state index contributed by atoms with van der Waals surface area (Å²) in [6.45, 7) is 0.250. The SMILES string of the molecule is OCCCc1ccc(-c2ccco2)cc1. The Kier molecular flexibility index (Phi) is 3.20. The van der Waals surface area contributed by atoms with Crippen LogP contribution < -0.4 is 0 Å². The van der Waals surface area contributed by atoms with E-state index in [1.807, 2.05) is 24.3 Å². The minimum absolute atomic E-state index is 0.250. The van der Waals surface area contributed by atoms with Crippen LogP contribution >= 0.6 is 0 Å². The zero-order chi connectivity index (χ0) is 10.5. The summed E-state index contributed by atoms with van der Waals surface area (Å²) >= 11 is 0. The molecule has 0 bridgehead atoms. The van der Waals surface area contributed by atoms with Crippen molar-refractivity contribution in [3.8, 4) is 11.3 Å². The Morgan fingerprint density at radius 2 is 1.87 bits per heavy atom. The van der Waals surface area contributed by atoms with E-state index in [0.29, 0.717) is 0 Å². The second-order valence-electron chi connectivity index (χ2n) is 3.50. The molecule has 0 unspecified atom stereocenters. The first-order valence-corrected chi connectivity index (χ1v) is 5.14. The van der Waals surface area contributed by atoms with Gasteiger partial charge in [-0.15, -0.1) is 0 Å². The van der Waals surface area contributed by atoms with Crippen LogP contribution in [0.1, 0.15) is 12.0 Å². The highest BCUT2D eigenvalue weighted by molar-refractivity contribution is 5.57. The van der Waals surface area contributed by atoms with E-state index in [9.17, 15) is 0 Å². The number of benzene rings is 1. The lowest BCUT2D eigenvalue weighted by Gasteiger charge is -2.01. The summed E-state index contributed by atoms with van der Waals surface area (Å²) in [5.41, 5.74) is 2.34. The summed E-state index contributed by atoms with van der Waals surface area (Å²) in [6, 6.07) is 12.1. The second kappa shape index (κ2) is 4.80. The van der Waals surface area contributed by atoms with Crippen molar-refractivity contribution >= 4 is 0 Å². The molecule has 0 fully saturated rings. The quantitative estimate of drug-likeness (QED) is 0.827. The van der Waals surface area contributed by atoms with Gasteiger partial charge in [0.15, 0.2) is 0 Å². The number of aliphatic hydroxyl groups excluding tert-OH is 1. The number of rotatable bonds is 4. The van der Waals surface area contributed by atoms with Gasteiger partial charge in [0.2, 0.25) is 0 Å². The van der Waals surface area contributed by atoms with Gasteiger partial charge in [-0.1, -0.05) is 24.3 Å². The van der Waals surface area contributed by atoms with E-state index in [1.54, 1.807) is 6.26 Å². The van der Waals surface area contributed by atoms with E-state index in [2.05, 4.69) is 12.1 Å². The Morgan fingerprint density at radius 1 is 1.07 bits per heavy atom. The fourth-order valence-corrected chi connectivity index (χ4v) is 1.56. The zero-order valence-corrected chi connectivity index (χ0v) is 8.52. The average Bonchev–Trinajstić information content (AvgIpc) is 2.80. The molecule has 1 heterocycles. The molecular formula is C13H14O2. The molecular weight excluding hydrogens is 188 g/mol. The Bertz CT molecular complexity index is 387. The third-order valence-corrected chi connectivity index (χ3v) is 2.38. The van der Waals surface area contributed by atoms with Gasteiger partial charge in [0.1, 0.15) is 5.76 Å². The van der Waals surface area contributed by atoms with E-state index in [4.69, 9.17) is 9.52 Å². The van der Waals surface area contributed by atoms with Crippen LogP contribution in [-0.4, -0.2) is 11.7 Å². The normalized spacial score (nSPS) is 10.5. The average molecular weight is 202 g/mol. The molecule has 0 radical (unpaired) electrons. The van der Waals surface area contributed by atoms with Crippen molar-refractivity contribution in [3.63, 3.8) is 0 Å². The van der Waals surface area contributed by atoms with E-state index in [0.717, 1.165) is 24.2 Å². The largest absolute Gasteiger partial charge is 0.464 e. The molecule has 0 amide bonds. The van der Waals surface area contributed by atoms with Crippen LogP contribution in [0.3, 0.4) is 0 Å². The van der Waals surface area contributed by atoms with Crippen molar-refractivity contribution < 1.29 is 9.52 Å². The van der Waals surface area contributed by atoms with Crippen molar-refractivity contribution in [2.24, 2.45) is 0 Å². The third kappa shape index (κ3) is 2.48. The summed E-state index contributed by atoms with van der Waals surface area (Å²) in [4.78, 5) is 0. The third-order valence-electron chi connectivity index (χ3n) is 2.38. The summed E-state index contributed by atoms with van der Waals surface area (Å²) in [7, 11) is 0. The highest BCUT2D eigenvalue weighted by Gasteiger charge is 1.99. The van der Waals surface area contributed by atoms with Crippen LogP contribution in [-0.2, 0) is 6.42 Å². The predicted molar refractivity (Wildman–Crippen MR) is 59.6 cm³/mol. The van der Waals surface area contributed by atoms with Crippen LogP contribution in [0, 0.1) is 0 Å². The number of aliphatic hydroxyl groups is 1. The first kappa shape index (κ1) is 9.99. The van der Waals surface area contributed by atoms with Gasteiger partial charge >= 0.3 is 0 Å². The molecule has 0 aliphatic heterocycles. The molecule has 0 atom stereocenters. The van der Waals surface area contributed by atoms with Crippen LogP contribution in [0.5, 0.6) is 0 Å². The summed E-state index contributed by atoms with van der Waals surface area (Å²) < 4.78 is 5.30. The Labute approximate surface area is 89.2 Å². The van der Waals surface area contributed by atoms with Gasteiger partial charge in [0.05, 0.1) is 6.26 Å². The minimum Gasteiger partial charge on any atom is -0.464 e. The Hall–Kier alpha value is -1.54. The van der Waals surface area contributed by atoms with Crippen LogP contribution in [0.4, 0.5) is 0 Å². The lowest BCUT2D eigenvalue weighted by atomic mass is 10.1. The highest BCUT2D eigenvalue weighted by atomic mass is 16.3. The molecule has 0 aliphatic rings. The van der Waals surface area contributed by atoms with E-state index in [1.165, 1.54) is 5.56 Å². The maximum atomic E-state index is 8.72. The van der Waals surface area contributed by atoms with Gasteiger partial charge < -0.3 is 9.52 Å². The molecule has 2 nitrogen and oxygen atoms in total. The Morgan fingerprint density at radius 3 is 2.47 bits per heavy atom. The monoisotopic (exact) mass is 202 g/mol. The molecule has 1 aromatic heterocycles. The van der Waals surface area contributed by atoms with E-state index in [-0.39, 0.29) is 6.61 Å². The molecule has 0 aliphatic carbocycles. The second-order valence-corrected chi connectivity index (χ2v) is 3.50. The maximum Gasteiger partial charge on any atom is 0.133 e. The van der Waals surface area contributed by atoms with Crippen molar-refractivity contribution in [2.45, 2.75) is 12.8 Å². The fraction of sp³-hybridized carbons (Fsp3) is 0.231. The molecule has 2 heteroatoms. The van der Waals surface area contributed by atoms with E-state index >= 15 is 0 Å². The zero-order valence-electron chi connectivity index (χ0n) is 8.52. The molecule has 1 aromatic carbocycles. The molecule has 15 heavy (non-hydrogen) atoms.